The highest BCUT2D eigenvalue weighted by atomic mass is 32.2. The summed E-state index contributed by atoms with van der Waals surface area (Å²) < 4.78 is 10.8. The Morgan fingerprint density at radius 1 is 1.23 bits per heavy atom. The first-order valence-electron chi connectivity index (χ1n) is 9.39. The van der Waals surface area contributed by atoms with Crippen molar-refractivity contribution in [2.75, 3.05) is 19.8 Å². The van der Waals surface area contributed by atoms with E-state index in [2.05, 4.69) is 0 Å². The number of non-ortho nitro benzene ring substituents is 1. The summed E-state index contributed by atoms with van der Waals surface area (Å²) >= 11 is 0.689. The number of thioether (sulfide) groups is 1. The van der Waals surface area contributed by atoms with Crippen molar-refractivity contribution in [3.8, 4) is 17.2 Å². The van der Waals surface area contributed by atoms with Crippen molar-refractivity contribution in [1.29, 1.82) is 0 Å². The van der Waals surface area contributed by atoms with E-state index in [1.165, 1.54) is 6.08 Å². The molecule has 0 unspecified atom stereocenters. The van der Waals surface area contributed by atoms with Gasteiger partial charge in [0.1, 0.15) is 12.4 Å². The lowest BCUT2D eigenvalue weighted by Gasteiger charge is -2.13. The third-order valence-corrected chi connectivity index (χ3v) is 5.24. The van der Waals surface area contributed by atoms with Gasteiger partial charge in [-0.1, -0.05) is 12.1 Å². The van der Waals surface area contributed by atoms with E-state index in [-0.39, 0.29) is 47.4 Å². The van der Waals surface area contributed by atoms with E-state index in [4.69, 9.17) is 9.47 Å². The molecule has 1 heterocycles. The van der Waals surface area contributed by atoms with E-state index < -0.39 is 16.1 Å². The first kappa shape index (κ1) is 22.2. The van der Waals surface area contributed by atoms with Crippen molar-refractivity contribution in [3.63, 3.8) is 0 Å². The molecule has 1 aliphatic heterocycles. The minimum Gasteiger partial charge on any atom is -0.504 e. The highest BCUT2D eigenvalue weighted by molar-refractivity contribution is 8.18. The standard InChI is InChI=1S/C21H20N2O7S/c1-3-29-17-12-15(23(27)28)10-14(19(17)24)11-18-20(25)22(21(26)31-18)7-8-30-16-6-4-5-13(2)9-16/h4-6,9-12,24H,3,7-8H2,1-2H3/b18-11-. The number of rotatable bonds is 8. The van der Waals surface area contributed by atoms with Crippen LogP contribution in [-0.4, -0.2) is 45.8 Å². The zero-order valence-corrected chi connectivity index (χ0v) is 17.7. The van der Waals surface area contributed by atoms with Crippen LogP contribution in [-0.2, 0) is 4.79 Å². The van der Waals surface area contributed by atoms with Crippen LogP contribution >= 0.6 is 11.8 Å². The fraction of sp³-hybridized carbons (Fsp3) is 0.238. The van der Waals surface area contributed by atoms with Crippen molar-refractivity contribution in [2.24, 2.45) is 0 Å². The second-order valence-electron chi connectivity index (χ2n) is 6.57. The smallest absolute Gasteiger partial charge is 0.293 e. The van der Waals surface area contributed by atoms with Crippen molar-refractivity contribution in [2.45, 2.75) is 13.8 Å². The summed E-state index contributed by atoms with van der Waals surface area (Å²) in [4.78, 5) is 36.6. The third-order valence-electron chi connectivity index (χ3n) is 4.33. The van der Waals surface area contributed by atoms with Crippen LogP contribution in [0.15, 0.2) is 41.3 Å². The van der Waals surface area contributed by atoms with Gasteiger partial charge in [0.05, 0.1) is 29.0 Å². The number of aromatic hydroxyl groups is 1. The Balaban J connectivity index is 1.77. The van der Waals surface area contributed by atoms with Crippen LogP contribution in [0, 0.1) is 17.0 Å². The third kappa shape index (κ3) is 5.15. The number of carbonyl (C=O) groups is 2. The van der Waals surface area contributed by atoms with E-state index in [1.807, 2.05) is 25.1 Å². The number of ether oxygens (including phenoxy) is 2. The number of phenolic OH excluding ortho intramolecular Hbond substituents is 1. The molecule has 1 fully saturated rings. The molecule has 2 amide bonds. The van der Waals surface area contributed by atoms with Gasteiger partial charge in [-0.3, -0.25) is 24.6 Å². The van der Waals surface area contributed by atoms with E-state index >= 15 is 0 Å². The van der Waals surface area contributed by atoms with Crippen LogP contribution < -0.4 is 9.47 Å². The van der Waals surface area contributed by atoms with Gasteiger partial charge in [-0.05, 0) is 49.4 Å². The molecule has 1 aliphatic rings. The molecule has 0 spiro atoms. The minimum absolute atomic E-state index is 0.0131. The van der Waals surface area contributed by atoms with Crippen LogP contribution in [0.3, 0.4) is 0 Å². The number of nitro groups is 1. The molecule has 31 heavy (non-hydrogen) atoms. The lowest BCUT2D eigenvalue weighted by molar-refractivity contribution is -0.385. The van der Waals surface area contributed by atoms with Gasteiger partial charge in [-0.15, -0.1) is 0 Å². The molecule has 0 aromatic heterocycles. The number of nitrogens with zero attached hydrogens (tertiary/aromatic N) is 2. The van der Waals surface area contributed by atoms with Crippen molar-refractivity contribution in [3.05, 3.63) is 62.5 Å². The fourth-order valence-electron chi connectivity index (χ4n) is 2.89. The molecule has 1 saturated heterocycles. The fourth-order valence-corrected chi connectivity index (χ4v) is 3.75. The lowest BCUT2D eigenvalue weighted by Crippen LogP contribution is -2.32. The molecular formula is C21H20N2O7S. The predicted molar refractivity (Wildman–Crippen MR) is 115 cm³/mol. The van der Waals surface area contributed by atoms with Crippen LogP contribution in [0.1, 0.15) is 18.1 Å². The summed E-state index contributed by atoms with van der Waals surface area (Å²) in [6, 6.07) is 9.61. The van der Waals surface area contributed by atoms with Gasteiger partial charge < -0.3 is 14.6 Å². The monoisotopic (exact) mass is 444 g/mol. The highest BCUT2D eigenvalue weighted by Crippen LogP contribution is 2.39. The summed E-state index contributed by atoms with van der Waals surface area (Å²) in [5.41, 5.74) is 0.729. The Morgan fingerprint density at radius 3 is 2.68 bits per heavy atom. The Kier molecular flexibility index (Phi) is 6.81. The summed E-state index contributed by atoms with van der Waals surface area (Å²) in [5.74, 6) is -0.352. The number of hydrogen-bond donors (Lipinski definition) is 1. The average Bonchev–Trinajstić information content (AvgIpc) is 2.98. The quantitative estimate of drug-likeness (QED) is 0.367. The van der Waals surface area contributed by atoms with E-state index in [0.717, 1.165) is 22.6 Å². The number of hydrogen-bond acceptors (Lipinski definition) is 8. The maximum atomic E-state index is 12.7. The lowest BCUT2D eigenvalue weighted by atomic mass is 10.1. The molecule has 0 bridgehead atoms. The normalized spacial score (nSPS) is 14.9. The van der Waals surface area contributed by atoms with E-state index in [9.17, 15) is 24.8 Å². The molecule has 0 saturated carbocycles. The van der Waals surface area contributed by atoms with Crippen molar-refractivity contribution < 1.29 is 29.1 Å². The molecule has 162 valence electrons. The van der Waals surface area contributed by atoms with Gasteiger partial charge in [0, 0.05) is 11.6 Å². The summed E-state index contributed by atoms with van der Waals surface area (Å²) in [5, 5.41) is 21.1. The van der Waals surface area contributed by atoms with Crippen molar-refractivity contribution in [1.82, 2.24) is 4.90 Å². The molecule has 9 nitrogen and oxygen atoms in total. The Labute approximate surface area is 182 Å². The van der Waals surface area contributed by atoms with Crippen LogP contribution in [0.4, 0.5) is 10.5 Å². The maximum Gasteiger partial charge on any atom is 0.293 e. The maximum absolute atomic E-state index is 12.7. The Morgan fingerprint density at radius 2 is 2.00 bits per heavy atom. The van der Waals surface area contributed by atoms with Crippen molar-refractivity contribution >= 4 is 34.7 Å². The zero-order chi connectivity index (χ0) is 22.5. The largest absolute Gasteiger partial charge is 0.504 e. The van der Waals surface area contributed by atoms with Gasteiger partial charge in [-0.25, -0.2) is 0 Å². The van der Waals surface area contributed by atoms with Crippen LogP contribution in [0.2, 0.25) is 0 Å². The minimum atomic E-state index is -0.631. The molecule has 2 aromatic rings. The van der Waals surface area contributed by atoms with Gasteiger partial charge in [0.2, 0.25) is 0 Å². The topological polar surface area (TPSA) is 119 Å². The van der Waals surface area contributed by atoms with E-state index in [1.54, 1.807) is 13.0 Å². The van der Waals surface area contributed by atoms with Gasteiger partial charge >= 0.3 is 0 Å². The number of benzene rings is 2. The molecular weight excluding hydrogens is 424 g/mol. The first-order chi connectivity index (χ1) is 14.8. The molecule has 0 atom stereocenters. The number of aryl methyl sites for hydroxylation is 1. The summed E-state index contributed by atoms with van der Waals surface area (Å²) in [7, 11) is 0. The number of nitro benzene ring substituents is 1. The van der Waals surface area contributed by atoms with Gasteiger partial charge in [0.25, 0.3) is 16.8 Å². The number of imide groups is 1. The van der Waals surface area contributed by atoms with Crippen LogP contribution in [0.5, 0.6) is 17.2 Å². The molecule has 1 N–H and O–H groups in total. The molecule has 3 rings (SSSR count). The zero-order valence-electron chi connectivity index (χ0n) is 16.9. The SMILES string of the molecule is CCOc1cc([N+](=O)[O-])cc(/C=C2\SC(=O)N(CCOc3cccc(C)c3)C2=O)c1O. The Hall–Kier alpha value is -3.53. The number of carbonyl (C=O) groups excluding carboxylic acids is 2. The second-order valence-corrected chi connectivity index (χ2v) is 7.56. The predicted octanol–water partition coefficient (Wildman–Crippen LogP) is 4.12. The molecule has 0 radical (unpaired) electrons. The van der Waals surface area contributed by atoms with Gasteiger partial charge in [0.15, 0.2) is 11.5 Å². The van der Waals surface area contributed by atoms with Crippen LogP contribution in [0.25, 0.3) is 6.08 Å². The number of amides is 2. The average molecular weight is 444 g/mol. The highest BCUT2D eigenvalue weighted by Gasteiger charge is 2.35. The summed E-state index contributed by atoms with van der Waals surface area (Å²) in [6.45, 7) is 3.94. The first-order valence-corrected chi connectivity index (χ1v) is 10.2. The second kappa shape index (κ2) is 9.52. The summed E-state index contributed by atoms with van der Waals surface area (Å²) in [6.07, 6.45) is 1.25. The Bertz CT molecular complexity index is 1070. The molecule has 2 aromatic carbocycles. The van der Waals surface area contributed by atoms with E-state index in [0.29, 0.717) is 17.5 Å². The molecule has 10 heteroatoms. The van der Waals surface area contributed by atoms with Gasteiger partial charge in [-0.2, -0.15) is 0 Å². The number of phenols is 1. The molecule has 0 aliphatic carbocycles.